The van der Waals surface area contributed by atoms with Crippen LogP contribution in [-0.4, -0.2) is 41.4 Å². The number of rotatable bonds is 7. The molecular formula is C23H30Cl2N4O3. The van der Waals surface area contributed by atoms with Gasteiger partial charge in [-0.25, -0.2) is 14.8 Å². The number of anilines is 2. The third kappa shape index (κ3) is 5.75. The molecule has 3 aliphatic rings. The van der Waals surface area contributed by atoms with Gasteiger partial charge in [0.15, 0.2) is 0 Å². The second-order valence-corrected chi connectivity index (χ2v) is 8.78. The molecule has 1 aliphatic heterocycles. The lowest BCUT2D eigenvalue weighted by Gasteiger charge is -2.35. The summed E-state index contributed by atoms with van der Waals surface area (Å²) in [4.78, 5) is 22.8. The Morgan fingerprint density at radius 1 is 1.06 bits per heavy atom. The number of amides is 1. The van der Waals surface area contributed by atoms with Gasteiger partial charge in [0.1, 0.15) is 23.0 Å². The van der Waals surface area contributed by atoms with Gasteiger partial charge >= 0.3 is 6.09 Å². The van der Waals surface area contributed by atoms with E-state index in [0.29, 0.717) is 18.3 Å². The Labute approximate surface area is 201 Å². The van der Waals surface area contributed by atoms with Crippen molar-refractivity contribution in [2.24, 2.45) is 11.8 Å². The highest BCUT2D eigenvalue weighted by Gasteiger charge is 2.47. The van der Waals surface area contributed by atoms with Crippen LogP contribution in [0.3, 0.4) is 0 Å². The molecule has 1 saturated heterocycles. The number of pyridine rings is 2. The fraction of sp³-hybridized carbons (Fsp3) is 0.522. The lowest BCUT2D eigenvalue weighted by atomic mass is 9.78. The summed E-state index contributed by atoms with van der Waals surface area (Å²) in [5, 5.41) is 3.45. The van der Waals surface area contributed by atoms with Gasteiger partial charge in [0, 0.05) is 12.7 Å². The molecule has 2 aliphatic carbocycles. The molecular weight excluding hydrogens is 451 g/mol. The maximum absolute atomic E-state index is 12.4. The molecule has 3 fully saturated rings. The Bertz CT molecular complexity index is 873. The van der Waals surface area contributed by atoms with Gasteiger partial charge in [-0.05, 0) is 74.6 Å². The van der Waals surface area contributed by atoms with E-state index in [0.717, 1.165) is 56.3 Å². The Morgan fingerprint density at radius 2 is 1.88 bits per heavy atom. The molecule has 2 saturated carbocycles. The highest BCUT2D eigenvalue weighted by molar-refractivity contribution is 5.89. The van der Waals surface area contributed by atoms with E-state index in [1.54, 1.807) is 17.3 Å². The van der Waals surface area contributed by atoms with Gasteiger partial charge in [-0.3, -0.25) is 4.90 Å². The van der Waals surface area contributed by atoms with Gasteiger partial charge in [-0.15, -0.1) is 24.8 Å². The van der Waals surface area contributed by atoms with Crippen LogP contribution < -0.4 is 15.0 Å². The van der Waals surface area contributed by atoms with Gasteiger partial charge in [-0.2, -0.15) is 0 Å². The van der Waals surface area contributed by atoms with Crippen LogP contribution in [0, 0.1) is 11.8 Å². The zero-order chi connectivity index (χ0) is 20.4. The number of nitrogens with one attached hydrogen (secondary N) is 1. The SMILES string of the molecule is Cl.Cl.O=C1O[C@]2(CC[C@H](CNc3ccc(OCC4CC4)cn3)CC2)CN1c1ccccn1. The van der Waals surface area contributed by atoms with E-state index in [4.69, 9.17) is 9.47 Å². The molecule has 0 bridgehead atoms. The molecule has 1 amide bonds. The van der Waals surface area contributed by atoms with Crippen LogP contribution in [0.1, 0.15) is 38.5 Å². The first-order valence-electron chi connectivity index (χ1n) is 10.9. The fourth-order valence-electron chi connectivity index (χ4n) is 4.30. The van der Waals surface area contributed by atoms with E-state index < -0.39 is 0 Å². The van der Waals surface area contributed by atoms with Crippen molar-refractivity contribution in [2.45, 2.75) is 44.1 Å². The molecule has 1 spiro atoms. The van der Waals surface area contributed by atoms with E-state index >= 15 is 0 Å². The molecule has 5 rings (SSSR count). The van der Waals surface area contributed by atoms with Crippen molar-refractivity contribution in [3.63, 3.8) is 0 Å². The maximum Gasteiger partial charge on any atom is 0.416 e. The summed E-state index contributed by atoms with van der Waals surface area (Å²) in [6, 6.07) is 9.56. The Morgan fingerprint density at radius 3 is 2.53 bits per heavy atom. The first kappa shape index (κ1) is 24.4. The van der Waals surface area contributed by atoms with E-state index in [1.807, 2.05) is 30.3 Å². The summed E-state index contributed by atoms with van der Waals surface area (Å²) in [5.74, 6) is 3.67. The van der Waals surface area contributed by atoms with E-state index in [-0.39, 0.29) is 36.5 Å². The summed E-state index contributed by atoms with van der Waals surface area (Å²) in [6.07, 6.45) is 9.62. The van der Waals surface area contributed by atoms with Crippen molar-refractivity contribution in [1.29, 1.82) is 0 Å². The summed E-state index contributed by atoms with van der Waals surface area (Å²) >= 11 is 0. The standard InChI is InChI=1S/C23H28N4O3.2ClH/c28-22-27(21-3-1-2-12-24-21)16-23(30-22)10-8-17(9-11-23)13-25-20-7-6-19(14-26-20)29-15-18-4-5-18;;/h1-3,6-7,12,14,17-18H,4-5,8-11,13,15-16H2,(H,25,26);2*1H/t17-,23-;;. The van der Waals surface area contributed by atoms with Gasteiger partial charge in [0.25, 0.3) is 0 Å². The minimum absolute atomic E-state index is 0. The monoisotopic (exact) mass is 480 g/mol. The van der Waals surface area contributed by atoms with Crippen molar-refractivity contribution in [3.05, 3.63) is 42.7 Å². The molecule has 32 heavy (non-hydrogen) atoms. The van der Waals surface area contributed by atoms with Crippen LogP contribution in [0.25, 0.3) is 0 Å². The second-order valence-electron chi connectivity index (χ2n) is 8.78. The molecule has 0 atom stereocenters. The van der Waals surface area contributed by atoms with Crippen LogP contribution in [0.15, 0.2) is 42.7 Å². The van der Waals surface area contributed by atoms with Crippen LogP contribution in [0.5, 0.6) is 5.75 Å². The number of hydrogen-bond acceptors (Lipinski definition) is 6. The number of carbonyl (C=O) groups excluding carboxylic acids is 1. The molecule has 174 valence electrons. The summed E-state index contributed by atoms with van der Waals surface area (Å²) in [7, 11) is 0. The lowest BCUT2D eigenvalue weighted by molar-refractivity contribution is 0.0148. The Balaban J connectivity index is 0.00000144. The van der Waals surface area contributed by atoms with Crippen LogP contribution in [0.2, 0.25) is 0 Å². The van der Waals surface area contributed by atoms with E-state index in [2.05, 4.69) is 15.3 Å². The van der Waals surface area contributed by atoms with E-state index in [9.17, 15) is 4.79 Å². The van der Waals surface area contributed by atoms with Gasteiger partial charge in [0.05, 0.1) is 19.3 Å². The average Bonchev–Trinajstić information content (AvgIpc) is 3.56. The van der Waals surface area contributed by atoms with Crippen LogP contribution in [-0.2, 0) is 4.74 Å². The van der Waals surface area contributed by atoms with Gasteiger partial charge < -0.3 is 14.8 Å². The number of halogens is 2. The van der Waals surface area contributed by atoms with Crippen LogP contribution >= 0.6 is 24.8 Å². The largest absolute Gasteiger partial charge is 0.492 e. The van der Waals surface area contributed by atoms with Crippen molar-refractivity contribution >= 4 is 42.5 Å². The molecule has 2 aromatic heterocycles. The second kappa shape index (κ2) is 10.6. The number of aromatic nitrogens is 2. The predicted molar refractivity (Wildman–Crippen MR) is 128 cm³/mol. The van der Waals surface area contributed by atoms with Crippen molar-refractivity contribution in [1.82, 2.24) is 9.97 Å². The lowest BCUT2D eigenvalue weighted by Crippen LogP contribution is -2.39. The molecule has 9 heteroatoms. The normalized spacial score (nSPS) is 24.3. The van der Waals surface area contributed by atoms with Crippen molar-refractivity contribution in [2.75, 3.05) is 29.9 Å². The van der Waals surface area contributed by atoms with Gasteiger partial charge in [0.2, 0.25) is 0 Å². The minimum Gasteiger partial charge on any atom is -0.492 e. The molecule has 0 radical (unpaired) electrons. The molecule has 1 N–H and O–H groups in total. The minimum atomic E-state index is -0.371. The Hall–Kier alpha value is -2.25. The van der Waals surface area contributed by atoms with Gasteiger partial charge in [-0.1, -0.05) is 6.07 Å². The highest BCUT2D eigenvalue weighted by Crippen LogP contribution is 2.40. The smallest absolute Gasteiger partial charge is 0.416 e. The number of carbonyl (C=O) groups is 1. The first-order valence-corrected chi connectivity index (χ1v) is 10.9. The number of ether oxygens (including phenoxy) is 2. The maximum atomic E-state index is 12.4. The predicted octanol–water partition coefficient (Wildman–Crippen LogP) is 5.11. The third-order valence-electron chi connectivity index (χ3n) is 6.40. The van der Waals surface area contributed by atoms with E-state index in [1.165, 1.54) is 12.8 Å². The Kier molecular flexibility index (Phi) is 8.06. The van der Waals surface area contributed by atoms with Crippen LogP contribution in [0.4, 0.5) is 16.4 Å². The van der Waals surface area contributed by atoms with Crippen molar-refractivity contribution < 1.29 is 14.3 Å². The quantitative estimate of drug-likeness (QED) is 0.593. The first-order chi connectivity index (χ1) is 14.7. The molecule has 7 nitrogen and oxygen atoms in total. The number of nitrogens with zero attached hydrogens (tertiary/aromatic N) is 3. The topological polar surface area (TPSA) is 76.6 Å². The fourth-order valence-corrected chi connectivity index (χ4v) is 4.30. The molecule has 0 unspecified atom stereocenters. The van der Waals surface area contributed by atoms with Crippen molar-refractivity contribution in [3.8, 4) is 5.75 Å². The molecule has 0 aromatic carbocycles. The number of hydrogen-bond donors (Lipinski definition) is 1. The summed E-state index contributed by atoms with van der Waals surface area (Å²) in [6.45, 7) is 2.27. The molecule has 2 aromatic rings. The zero-order valence-corrected chi connectivity index (χ0v) is 19.6. The zero-order valence-electron chi connectivity index (χ0n) is 17.9. The molecule has 3 heterocycles. The average molecular weight is 481 g/mol. The summed E-state index contributed by atoms with van der Waals surface area (Å²) in [5.41, 5.74) is -0.371. The third-order valence-corrected chi connectivity index (χ3v) is 6.40. The summed E-state index contributed by atoms with van der Waals surface area (Å²) < 4.78 is 11.6. The highest BCUT2D eigenvalue weighted by atomic mass is 35.5.